The Labute approximate surface area is 297 Å². The van der Waals surface area contributed by atoms with Gasteiger partial charge in [-0.1, -0.05) is 62.3 Å². The Balaban J connectivity index is 1.57. The maximum Gasteiger partial charge on any atom is 0.495 e. The summed E-state index contributed by atoms with van der Waals surface area (Å²) in [6, 6.07) is 1.97. The largest absolute Gasteiger partial charge is 0.495 e. The summed E-state index contributed by atoms with van der Waals surface area (Å²) in [7, 11) is -4.61. The van der Waals surface area contributed by atoms with E-state index in [2.05, 4.69) is 90.7 Å². The van der Waals surface area contributed by atoms with Crippen molar-refractivity contribution >= 4 is 52.2 Å². The third-order valence-corrected chi connectivity index (χ3v) is 23.4. The van der Waals surface area contributed by atoms with E-state index in [1.54, 1.807) is 6.20 Å². The summed E-state index contributed by atoms with van der Waals surface area (Å²) < 4.78 is 26.8. The van der Waals surface area contributed by atoms with Gasteiger partial charge in [-0.05, 0) is 92.2 Å². The number of carbonyl (C=O) groups excluding carboxylic acids is 1. The zero-order valence-corrected chi connectivity index (χ0v) is 35.1. The maximum absolute atomic E-state index is 13.9. The van der Waals surface area contributed by atoms with E-state index < -0.39 is 35.0 Å². The monoisotopic (exact) mass is 715 g/mol. The molecule has 1 aliphatic heterocycles. The van der Waals surface area contributed by atoms with Crippen LogP contribution in [-0.2, 0) is 18.2 Å². The van der Waals surface area contributed by atoms with Crippen LogP contribution in [0.5, 0.6) is 0 Å². The van der Waals surface area contributed by atoms with E-state index in [0.29, 0.717) is 39.5 Å². The van der Waals surface area contributed by atoms with Gasteiger partial charge in [0.15, 0.2) is 8.32 Å². The molecule has 4 rings (SSSR count). The molecule has 0 unspecified atom stereocenters. The van der Waals surface area contributed by atoms with Gasteiger partial charge in [0, 0.05) is 24.8 Å². The van der Waals surface area contributed by atoms with Crippen LogP contribution >= 0.6 is 11.3 Å². The standard InChI is InChI=1S/C36H62BN3O5SSi2/c1-23(2)48(24(3)4,25(5)6)43-30-18-28(16-26(30)20-42-47(14,15)34(7,8)9)40-33-29(19-38-22-39-33)32(41)31-17-27(21-46-31)37-44-35(10,11)36(12,13)45-37/h17,19,21-26,28,30H,16,18,20H2,1-15H3,(H,38,39,40)/t26-,28-,30+/m1/s1. The van der Waals surface area contributed by atoms with Crippen molar-refractivity contribution in [2.75, 3.05) is 11.9 Å². The van der Waals surface area contributed by atoms with Crippen molar-refractivity contribution in [1.29, 1.82) is 0 Å². The van der Waals surface area contributed by atoms with Crippen LogP contribution in [0.25, 0.3) is 0 Å². The molecule has 0 spiro atoms. The minimum absolute atomic E-state index is 0.0758. The van der Waals surface area contributed by atoms with Gasteiger partial charge in [0.2, 0.25) is 14.1 Å². The Kier molecular flexibility index (Phi) is 11.7. The highest BCUT2D eigenvalue weighted by Crippen LogP contribution is 2.47. The van der Waals surface area contributed by atoms with Crippen molar-refractivity contribution < 1.29 is 23.0 Å². The predicted octanol–water partition coefficient (Wildman–Crippen LogP) is 8.84. The van der Waals surface area contributed by atoms with Crippen molar-refractivity contribution in [2.24, 2.45) is 5.92 Å². The van der Waals surface area contributed by atoms with Gasteiger partial charge in [-0.15, -0.1) is 11.3 Å². The van der Waals surface area contributed by atoms with Gasteiger partial charge in [0.05, 0.1) is 27.7 Å². The molecule has 268 valence electrons. The van der Waals surface area contributed by atoms with Crippen molar-refractivity contribution in [2.45, 2.75) is 161 Å². The maximum atomic E-state index is 13.9. The summed E-state index contributed by atoms with van der Waals surface area (Å²) >= 11 is 1.40. The number of hydrogen-bond acceptors (Lipinski definition) is 9. The molecule has 1 aliphatic carbocycles. The van der Waals surface area contributed by atoms with Crippen LogP contribution in [0, 0.1) is 5.92 Å². The van der Waals surface area contributed by atoms with Gasteiger partial charge in [0.1, 0.15) is 12.1 Å². The van der Waals surface area contributed by atoms with Gasteiger partial charge in [0.25, 0.3) is 0 Å². The molecule has 1 N–H and O–H groups in total. The lowest BCUT2D eigenvalue weighted by molar-refractivity contribution is 0.00578. The van der Waals surface area contributed by atoms with Crippen molar-refractivity contribution in [3.8, 4) is 0 Å². The predicted molar refractivity (Wildman–Crippen MR) is 205 cm³/mol. The van der Waals surface area contributed by atoms with Gasteiger partial charge in [-0.2, -0.15) is 0 Å². The van der Waals surface area contributed by atoms with Crippen molar-refractivity contribution in [3.63, 3.8) is 0 Å². The Hall–Kier alpha value is -1.41. The normalized spacial score (nSPS) is 23.1. The number of carbonyl (C=O) groups is 1. The molecule has 3 atom stereocenters. The zero-order valence-electron chi connectivity index (χ0n) is 32.3. The van der Waals surface area contributed by atoms with Crippen LogP contribution in [0.2, 0.25) is 34.8 Å². The van der Waals surface area contributed by atoms with Crippen LogP contribution in [-0.4, -0.2) is 69.5 Å². The molecular weight excluding hydrogens is 653 g/mol. The van der Waals surface area contributed by atoms with Gasteiger partial charge < -0.3 is 23.5 Å². The number of aromatic nitrogens is 2. The van der Waals surface area contributed by atoms with E-state index in [9.17, 15) is 4.79 Å². The quantitative estimate of drug-likeness (QED) is 0.163. The number of thiophene rings is 1. The van der Waals surface area contributed by atoms with E-state index in [1.807, 2.05) is 39.1 Å². The molecule has 1 saturated heterocycles. The number of nitrogens with zero attached hydrogens (tertiary/aromatic N) is 2. The van der Waals surface area contributed by atoms with Gasteiger partial charge >= 0.3 is 7.12 Å². The van der Waals surface area contributed by atoms with E-state index >= 15 is 0 Å². The molecular formula is C36H62BN3O5SSi2. The third-order valence-electron chi connectivity index (χ3n) is 11.8. The topological polar surface area (TPSA) is 91.8 Å². The first-order chi connectivity index (χ1) is 22.0. The first-order valence-electron chi connectivity index (χ1n) is 17.9. The second kappa shape index (κ2) is 14.3. The number of nitrogens with one attached hydrogen (secondary N) is 1. The highest BCUT2D eigenvalue weighted by atomic mass is 32.1. The van der Waals surface area contributed by atoms with Crippen molar-refractivity contribution in [3.05, 3.63) is 34.4 Å². The fourth-order valence-corrected chi connectivity index (χ4v) is 14.8. The van der Waals surface area contributed by atoms with E-state index in [4.69, 9.17) is 18.2 Å². The fourth-order valence-electron chi connectivity index (χ4n) is 7.24. The highest BCUT2D eigenvalue weighted by molar-refractivity contribution is 7.13. The summed E-state index contributed by atoms with van der Waals surface area (Å²) in [5.41, 5.74) is 1.88. The minimum Gasteiger partial charge on any atom is -0.416 e. The molecule has 2 aliphatic rings. The average molecular weight is 716 g/mol. The Morgan fingerprint density at radius 3 is 2.17 bits per heavy atom. The van der Waals surface area contributed by atoms with Gasteiger partial charge in [-0.3, -0.25) is 4.79 Å². The highest BCUT2D eigenvalue weighted by Gasteiger charge is 2.52. The van der Waals surface area contributed by atoms with Crippen LogP contribution in [0.3, 0.4) is 0 Å². The SMILES string of the molecule is CC(C)[Si](O[C@H]1C[C@H](Nc2ncncc2C(=O)c2cc(B3OC(C)(C)C(C)(C)O3)cs2)C[C@@H]1CO[Si](C)(C)C(C)(C)C)(C(C)C)C(C)C. The minimum atomic E-state index is -2.14. The Bertz CT molecular complexity index is 1390. The number of rotatable bonds is 13. The Morgan fingerprint density at radius 2 is 1.62 bits per heavy atom. The molecule has 0 radical (unpaired) electrons. The lowest BCUT2D eigenvalue weighted by atomic mass is 9.81. The molecule has 0 amide bonds. The molecule has 1 saturated carbocycles. The molecule has 2 fully saturated rings. The summed E-state index contributed by atoms with van der Waals surface area (Å²) in [6.45, 7) is 34.4. The summed E-state index contributed by atoms with van der Waals surface area (Å²) in [6.07, 6.45) is 4.95. The van der Waals surface area contributed by atoms with E-state index in [-0.39, 0.29) is 28.9 Å². The third kappa shape index (κ3) is 7.89. The van der Waals surface area contributed by atoms with Crippen LogP contribution in [0.4, 0.5) is 5.82 Å². The molecule has 8 nitrogen and oxygen atoms in total. The van der Waals surface area contributed by atoms with Crippen LogP contribution in [0.1, 0.15) is 118 Å². The number of ketones is 1. The smallest absolute Gasteiger partial charge is 0.416 e. The molecule has 48 heavy (non-hydrogen) atoms. The number of anilines is 1. The average Bonchev–Trinajstić information content (AvgIpc) is 3.65. The zero-order chi connectivity index (χ0) is 36.0. The molecule has 0 bridgehead atoms. The Morgan fingerprint density at radius 1 is 1.04 bits per heavy atom. The van der Waals surface area contributed by atoms with Crippen LogP contribution < -0.4 is 10.8 Å². The molecule has 2 aromatic heterocycles. The summed E-state index contributed by atoms with van der Waals surface area (Å²) in [5.74, 6) is 0.705. The lowest BCUT2D eigenvalue weighted by Gasteiger charge is -2.45. The van der Waals surface area contributed by atoms with E-state index in [0.717, 1.165) is 18.3 Å². The molecule has 2 aromatic rings. The van der Waals surface area contributed by atoms with Crippen molar-refractivity contribution in [1.82, 2.24) is 9.97 Å². The fraction of sp³-hybridized carbons (Fsp3) is 0.750. The van der Waals surface area contributed by atoms with E-state index in [1.165, 1.54) is 17.7 Å². The first-order valence-corrected chi connectivity index (χ1v) is 23.8. The second-order valence-corrected chi connectivity index (χ2v) is 28.7. The molecule has 0 aromatic carbocycles. The van der Waals surface area contributed by atoms with Crippen LogP contribution in [0.15, 0.2) is 24.0 Å². The molecule has 3 heterocycles. The summed E-state index contributed by atoms with van der Waals surface area (Å²) in [4.78, 5) is 23.4. The first kappa shape index (κ1) is 39.4. The van der Waals surface area contributed by atoms with Gasteiger partial charge in [-0.25, -0.2) is 9.97 Å². The number of hydrogen-bond donors (Lipinski definition) is 1. The summed E-state index contributed by atoms with van der Waals surface area (Å²) in [5, 5.41) is 5.76. The molecule has 12 heteroatoms. The lowest BCUT2D eigenvalue weighted by Crippen LogP contribution is -2.51. The second-order valence-electron chi connectivity index (χ2n) is 17.6.